The zero-order valence-electron chi connectivity index (χ0n) is 8.95. The summed E-state index contributed by atoms with van der Waals surface area (Å²) in [4.78, 5) is 0. The van der Waals surface area contributed by atoms with Gasteiger partial charge in [-0.2, -0.15) is 0 Å². The first kappa shape index (κ1) is 10.0. The minimum absolute atomic E-state index is 0.585. The van der Waals surface area contributed by atoms with Gasteiger partial charge in [-0.1, -0.05) is 6.08 Å². The molecule has 0 aromatic rings. The molecule has 2 aliphatic heterocycles. The molecule has 2 fully saturated rings. The maximum Gasteiger partial charge on any atom is 0.0873 e. The normalized spacial score (nSPS) is 35.6. The monoisotopic (exact) mass is 196 g/mol. The van der Waals surface area contributed by atoms with Crippen molar-refractivity contribution < 1.29 is 9.47 Å². The van der Waals surface area contributed by atoms with E-state index in [0.29, 0.717) is 12.2 Å². The molecule has 0 aliphatic carbocycles. The van der Waals surface area contributed by atoms with Crippen LogP contribution in [-0.2, 0) is 9.47 Å². The number of ether oxygens (including phenoxy) is 2. The van der Waals surface area contributed by atoms with Crippen LogP contribution in [-0.4, -0.2) is 18.8 Å². The fourth-order valence-corrected chi connectivity index (χ4v) is 2.64. The quantitative estimate of drug-likeness (QED) is 0.497. The fourth-order valence-electron chi connectivity index (χ4n) is 2.64. The third kappa shape index (κ3) is 2.30. The highest BCUT2D eigenvalue weighted by atomic mass is 16.5. The molecule has 3 atom stereocenters. The number of hydrogen-bond donors (Lipinski definition) is 0. The highest BCUT2D eigenvalue weighted by Crippen LogP contribution is 2.40. The van der Waals surface area contributed by atoms with E-state index < -0.39 is 0 Å². The van der Waals surface area contributed by atoms with Gasteiger partial charge in [0.1, 0.15) is 0 Å². The summed E-state index contributed by atoms with van der Waals surface area (Å²) < 4.78 is 11.1. The number of rotatable bonds is 5. The van der Waals surface area contributed by atoms with Crippen molar-refractivity contribution in [2.75, 3.05) is 6.61 Å². The van der Waals surface area contributed by atoms with E-state index in [1.165, 1.54) is 32.1 Å². The molecule has 2 heteroatoms. The van der Waals surface area contributed by atoms with Crippen LogP contribution in [0.15, 0.2) is 12.3 Å². The first-order valence-corrected chi connectivity index (χ1v) is 5.78. The highest BCUT2D eigenvalue weighted by molar-refractivity contribution is 4.89. The van der Waals surface area contributed by atoms with Crippen LogP contribution in [0.2, 0.25) is 0 Å². The molecule has 2 heterocycles. The maximum absolute atomic E-state index is 5.81. The summed E-state index contributed by atoms with van der Waals surface area (Å²) in [6, 6.07) is 0. The summed E-state index contributed by atoms with van der Waals surface area (Å²) in [5.74, 6) is 0.822. The lowest BCUT2D eigenvalue weighted by atomic mass is 9.86. The Balaban J connectivity index is 1.58. The maximum atomic E-state index is 5.81. The summed E-state index contributed by atoms with van der Waals surface area (Å²) >= 11 is 0. The highest BCUT2D eigenvalue weighted by Gasteiger charge is 2.39. The summed E-state index contributed by atoms with van der Waals surface area (Å²) in [7, 11) is 0. The molecule has 0 amide bonds. The van der Waals surface area contributed by atoms with Crippen molar-refractivity contribution in [3.63, 3.8) is 0 Å². The van der Waals surface area contributed by atoms with Gasteiger partial charge in [0.2, 0.25) is 0 Å². The Bertz CT molecular complexity index is 200. The Kier molecular flexibility index (Phi) is 3.46. The minimum Gasteiger partial charge on any atom is -0.502 e. The molecule has 2 rings (SSSR count). The predicted octanol–water partition coefficient (Wildman–Crippen LogP) is 2.88. The average Bonchev–Trinajstić information content (AvgIpc) is 2.79. The number of allylic oxidation sites excluding steroid dienone is 1. The zero-order chi connectivity index (χ0) is 9.80. The van der Waals surface area contributed by atoms with Gasteiger partial charge in [0.25, 0.3) is 0 Å². The third-order valence-corrected chi connectivity index (χ3v) is 3.30. The molecule has 0 aromatic carbocycles. The summed E-state index contributed by atoms with van der Waals surface area (Å²) in [6.07, 6.45) is 11.2. The van der Waals surface area contributed by atoms with Gasteiger partial charge in [0.15, 0.2) is 0 Å². The van der Waals surface area contributed by atoms with Gasteiger partial charge >= 0.3 is 0 Å². The number of fused-ring (bicyclic) bond motifs is 2. The van der Waals surface area contributed by atoms with Crippen LogP contribution in [0.4, 0.5) is 0 Å². The predicted molar refractivity (Wildman–Crippen MR) is 56.0 cm³/mol. The Hall–Kier alpha value is -0.500. The lowest BCUT2D eigenvalue weighted by Crippen LogP contribution is -2.16. The van der Waals surface area contributed by atoms with Crippen molar-refractivity contribution in [1.82, 2.24) is 0 Å². The first-order valence-electron chi connectivity index (χ1n) is 5.78. The van der Waals surface area contributed by atoms with Crippen molar-refractivity contribution in [2.24, 2.45) is 5.92 Å². The average molecular weight is 196 g/mol. The topological polar surface area (TPSA) is 18.5 Å². The van der Waals surface area contributed by atoms with Crippen molar-refractivity contribution >= 4 is 0 Å². The van der Waals surface area contributed by atoms with Crippen LogP contribution in [0.5, 0.6) is 0 Å². The van der Waals surface area contributed by atoms with Gasteiger partial charge in [-0.05, 0) is 44.9 Å². The van der Waals surface area contributed by atoms with Gasteiger partial charge in [0.05, 0.1) is 25.1 Å². The Morgan fingerprint density at radius 2 is 2.36 bits per heavy atom. The zero-order valence-corrected chi connectivity index (χ0v) is 8.95. The molecule has 0 radical (unpaired) electrons. The molecular formula is C12H20O2. The van der Waals surface area contributed by atoms with Gasteiger partial charge in [-0.3, -0.25) is 0 Å². The summed E-state index contributed by atoms with van der Waals surface area (Å²) in [5, 5.41) is 0. The molecule has 0 aromatic heterocycles. The molecule has 0 spiro atoms. The van der Waals surface area contributed by atoms with Crippen LogP contribution in [0.25, 0.3) is 0 Å². The lowest BCUT2D eigenvalue weighted by molar-refractivity contribution is 0.0897. The van der Waals surface area contributed by atoms with E-state index in [2.05, 4.69) is 0 Å². The van der Waals surface area contributed by atoms with Crippen LogP contribution in [0.3, 0.4) is 0 Å². The Morgan fingerprint density at radius 1 is 1.43 bits per heavy atom. The minimum atomic E-state index is 0.585. The standard InChI is InChI=1S/C12H20O2/c1-2-7-13-8-3-4-10-9-11-5-6-12(10)14-11/h2,7,10-12H,3-6,8-9H2,1H3/b7-2+. The van der Waals surface area contributed by atoms with Crippen LogP contribution in [0.1, 0.15) is 39.0 Å². The van der Waals surface area contributed by atoms with Gasteiger partial charge < -0.3 is 9.47 Å². The lowest BCUT2D eigenvalue weighted by Gasteiger charge is -2.17. The Labute approximate surface area is 86.3 Å². The fraction of sp³-hybridized carbons (Fsp3) is 0.833. The van der Waals surface area contributed by atoms with E-state index in [1.54, 1.807) is 6.26 Å². The SMILES string of the molecule is C/C=C/OCCCC1CC2CCC1O2. The first-order chi connectivity index (χ1) is 6.90. The molecule has 2 nitrogen and oxygen atoms in total. The van der Waals surface area contributed by atoms with E-state index in [1.807, 2.05) is 13.0 Å². The largest absolute Gasteiger partial charge is 0.502 e. The molecule has 14 heavy (non-hydrogen) atoms. The Morgan fingerprint density at radius 3 is 3.00 bits per heavy atom. The van der Waals surface area contributed by atoms with E-state index in [4.69, 9.17) is 9.47 Å². The molecule has 2 aliphatic rings. The van der Waals surface area contributed by atoms with Crippen molar-refractivity contribution in [1.29, 1.82) is 0 Å². The van der Waals surface area contributed by atoms with Crippen molar-refractivity contribution in [3.05, 3.63) is 12.3 Å². The van der Waals surface area contributed by atoms with Gasteiger partial charge in [0, 0.05) is 0 Å². The summed E-state index contributed by atoms with van der Waals surface area (Å²) in [5.41, 5.74) is 0. The van der Waals surface area contributed by atoms with E-state index in [0.717, 1.165) is 12.5 Å². The molecule has 0 N–H and O–H groups in total. The molecule has 2 saturated heterocycles. The van der Waals surface area contributed by atoms with E-state index >= 15 is 0 Å². The van der Waals surface area contributed by atoms with Crippen LogP contribution < -0.4 is 0 Å². The molecule has 0 saturated carbocycles. The number of hydrogen-bond acceptors (Lipinski definition) is 2. The van der Waals surface area contributed by atoms with Crippen LogP contribution >= 0.6 is 0 Å². The second-order valence-corrected chi connectivity index (χ2v) is 4.35. The van der Waals surface area contributed by atoms with Gasteiger partial charge in [-0.25, -0.2) is 0 Å². The third-order valence-electron chi connectivity index (χ3n) is 3.30. The smallest absolute Gasteiger partial charge is 0.0873 e. The molecule has 2 bridgehead atoms. The molecular weight excluding hydrogens is 176 g/mol. The van der Waals surface area contributed by atoms with Crippen LogP contribution in [0, 0.1) is 5.92 Å². The van der Waals surface area contributed by atoms with E-state index in [9.17, 15) is 0 Å². The molecule has 3 unspecified atom stereocenters. The summed E-state index contributed by atoms with van der Waals surface area (Å²) in [6.45, 7) is 2.84. The van der Waals surface area contributed by atoms with Gasteiger partial charge in [-0.15, -0.1) is 0 Å². The second kappa shape index (κ2) is 4.83. The molecule has 80 valence electrons. The van der Waals surface area contributed by atoms with E-state index in [-0.39, 0.29) is 0 Å². The van der Waals surface area contributed by atoms with Crippen molar-refractivity contribution in [2.45, 2.75) is 51.2 Å². The van der Waals surface area contributed by atoms with Crippen molar-refractivity contribution in [3.8, 4) is 0 Å². The second-order valence-electron chi connectivity index (χ2n) is 4.35.